The third kappa shape index (κ3) is 4.42. The predicted octanol–water partition coefficient (Wildman–Crippen LogP) is -0.407. The van der Waals surface area contributed by atoms with Crippen LogP contribution in [-0.2, 0) is 19.6 Å². The molecule has 1 aromatic rings. The SMILES string of the molecule is CCOC(=O)c1cn[nH]c1S(=O)(=O)N1CCCC(N2CCNCC2=O)C1.Cl. The highest BCUT2D eigenvalue weighted by Gasteiger charge is 2.37. The van der Waals surface area contributed by atoms with Gasteiger partial charge in [-0.1, -0.05) is 0 Å². The molecule has 2 aliphatic heterocycles. The Morgan fingerprint density at radius 1 is 1.41 bits per heavy atom. The van der Waals surface area contributed by atoms with E-state index in [1.54, 1.807) is 11.8 Å². The number of H-pyrrole nitrogens is 1. The summed E-state index contributed by atoms with van der Waals surface area (Å²) in [6.07, 6.45) is 2.56. The number of piperazine rings is 1. The Morgan fingerprint density at radius 2 is 2.19 bits per heavy atom. The molecule has 1 atom stereocenters. The summed E-state index contributed by atoms with van der Waals surface area (Å²) >= 11 is 0. The summed E-state index contributed by atoms with van der Waals surface area (Å²) < 4.78 is 32.2. The minimum atomic E-state index is -3.94. The third-order valence-electron chi connectivity index (χ3n) is 4.62. The number of piperidine rings is 1. The fourth-order valence-electron chi connectivity index (χ4n) is 3.36. The molecule has 0 aliphatic carbocycles. The molecule has 1 aromatic heterocycles. The molecule has 1 amide bonds. The van der Waals surface area contributed by atoms with E-state index in [9.17, 15) is 18.0 Å². The van der Waals surface area contributed by atoms with Crippen LogP contribution < -0.4 is 5.32 Å². The molecule has 1 unspecified atom stereocenters. The summed E-state index contributed by atoms with van der Waals surface area (Å²) in [5.41, 5.74) is -0.104. The minimum absolute atomic E-state index is 0. The van der Waals surface area contributed by atoms with Crippen LogP contribution in [0.5, 0.6) is 0 Å². The number of amides is 1. The zero-order chi connectivity index (χ0) is 18.7. The first-order chi connectivity index (χ1) is 12.4. The standard InChI is InChI=1S/C15H23N5O5S.ClH/c1-2-25-15(22)12-8-17-18-14(12)26(23,24)19-6-3-4-11(10-19)20-7-5-16-9-13(20)21;/h8,11,16H,2-7,9-10H2,1H3,(H,17,18);1H. The summed E-state index contributed by atoms with van der Waals surface area (Å²) in [7, 11) is -3.94. The number of hydrogen-bond acceptors (Lipinski definition) is 7. The molecule has 152 valence electrons. The first-order valence-corrected chi connectivity index (χ1v) is 10.1. The van der Waals surface area contributed by atoms with E-state index in [0.29, 0.717) is 26.1 Å². The predicted molar refractivity (Wildman–Crippen MR) is 98.2 cm³/mol. The molecule has 0 radical (unpaired) electrons. The van der Waals surface area contributed by atoms with Crippen molar-refractivity contribution in [3.05, 3.63) is 11.8 Å². The lowest BCUT2D eigenvalue weighted by atomic mass is 10.1. The number of aromatic amines is 1. The van der Waals surface area contributed by atoms with E-state index >= 15 is 0 Å². The van der Waals surface area contributed by atoms with Gasteiger partial charge in [-0.15, -0.1) is 12.4 Å². The van der Waals surface area contributed by atoms with Crippen LogP contribution in [-0.4, -0.2) is 85.1 Å². The molecule has 0 spiro atoms. The highest BCUT2D eigenvalue weighted by atomic mass is 35.5. The molecule has 0 aromatic carbocycles. The monoisotopic (exact) mass is 421 g/mol. The van der Waals surface area contributed by atoms with Gasteiger partial charge >= 0.3 is 5.97 Å². The Labute approximate surface area is 164 Å². The quantitative estimate of drug-likeness (QED) is 0.619. The van der Waals surface area contributed by atoms with E-state index in [1.165, 1.54) is 4.31 Å². The summed E-state index contributed by atoms with van der Waals surface area (Å²) in [5.74, 6) is -0.750. The van der Waals surface area contributed by atoms with Crippen molar-refractivity contribution in [2.24, 2.45) is 0 Å². The van der Waals surface area contributed by atoms with Gasteiger partial charge in [0.05, 0.1) is 19.3 Å². The molecule has 10 nitrogen and oxygen atoms in total. The van der Waals surface area contributed by atoms with Crippen molar-refractivity contribution in [1.29, 1.82) is 0 Å². The fraction of sp³-hybridized carbons (Fsp3) is 0.667. The number of ether oxygens (including phenoxy) is 1. The number of carbonyl (C=O) groups is 2. The molecule has 0 bridgehead atoms. The lowest BCUT2D eigenvalue weighted by Gasteiger charge is -2.40. The van der Waals surface area contributed by atoms with Gasteiger partial charge in [0.25, 0.3) is 10.0 Å². The number of aromatic nitrogens is 2. The van der Waals surface area contributed by atoms with Crippen molar-refractivity contribution in [1.82, 2.24) is 24.7 Å². The number of nitrogens with one attached hydrogen (secondary N) is 2. The van der Waals surface area contributed by atoms with Gasteiger partial charge in [0.15, 0.2) is 5.03 Å². The maximum atomic E-state index is 13.0. The maximum Gasteiger partial charge on any atom is 0.342 e. The van der Waals surface area contributed by atoms with E-state index < -0.39 is 16.0 Å². The molecule has 0 saturated carbocycles. The average Bonchev–Trinajstić information content (AvgIpc) is 3.13. The zero-order valence-corrected chi connectivity index (χ0v) is 16.6. The van der Waals surface area contributed by atoms with Gasteiger partial charge in [0, 0.05) is 32.2 Å². The van der Waals surface area contributed by atoms with Crippen molar-refractivity contribution >= 4 is 34.3 Å². The lowest BCUT2D eigenvalue weighted by molar-refractivity contribution is -0.135. The van der Waals surface area contributed by atoms with Crippen LogP contribution in [0.3, 0.4) is 0 Å². The number of carbonyl (C=O) groups excluding carboxylic acids is 2. The third-order valence-corrected chi connectivity index (χ3v) is 6.46. The zero-order valence-electron chi connectivity index (χ0n) is 15.0. The number of hydrogen-bond donors (Lipinski definition) is 2. The van der Waals surface area contributed by atoms with Crippen LogP contribution >= 0.6 is 12.4 Å². The Morgan fingerprint density at radius 3 is 2.89 bits per heavy atom. The van der Waals surface area contributed by atoms with Crippen LogP contribution in [0, 0.1) is 0 Å². The highest BCUT2D eigenvalue weighted by molar-refractivity contribution is 7.89. The van der Waals surface area contributed by atoms with Crippen molar-refractivity contribution in [3.8, 4) is 0 Å². The topological polar surface area (TPSA) is 125 Å². The van der Waals surface area contributed by atoms with Crippen molar-refractivity contribution in [2.75, 3.05) is 39.3 Å². The second-order valence-corrected chi connectivity index (χ2v) is 8.13. The Kier molecular flexibility index (Phi) is 7.20. The molecule has 27 heavy (non-hydrogen) atoms. The van der Waals surface area contributed by atoms with Crippen molar-refractivity contribution in [2.45, 2.75) is 30.8 Å². The fourth-order valence-corrected chi connectivity index (χ4v) is 4.93. The van der Waals surface area contributed by atoms with Crippen LogP contribution in [0.15, 0.2) is 11.2 Å². The van der Waals surface area contributed by atoms with Gasteiger partial charge in [-0.3, -0.25) is 9.89 Å². The summed E-state index contributed by atoms with van der Waals surface area (Å²) in [6, 6.07) is -0.165. The molecule has 2 N–H and O–H groups in total. The molecular formula is C15H24ClN5O5S. The first-order valence-electron chi connectivity index (χ1n) is 8.66. The molecular weight excluding hydrogens is 398 g/mol. The van der Waals surface area contributed by atoms with E-state index in [4.69, 9.17) is 4.74 Å². The number of nitrogens with zero attached hydrogens (tertiary/aromatic N) is 3. The van der Waals surface area contributed by atoms with Gasteiger partial charge < -0.3 is 15.0 Å². The van der Waals surface area contributed by atoms with Crippen LogP contribution in [0.25, 0.3) is 0 Å². The van der Waals surface area contributed by atoms with E-state index in [0.717, 1.165) is 12.6 Å². The first kappa shape index (κ1) is 21.6. The van der Waals surface area contributed by atoms with Gasteiger partial charge in [-0.2, -0.15) is 9.40 Å². The number of halogens is 1. The summed E-state index contributed by atoms with van der Waals surface area (Å²) in [6.45, 7) is 3.86. The largest absolute Gasteiger partial charge is 0.462 e. The van der Waals surface area contributed by atoms with Crippen LogP contribution in [0.4, 0.5) is 0 Å². The second kappa shape index (κ2) is 9.00. The molecule has 2 fully saturated rings. The molecule has 2 aliphatic rings. The van der Waals surface area contributed by atoms with Gasteiger partial charge in [-0.25, -0.2) is 13.2 Å². The summed E-state index contributed by atoms with van der Waals surface area (Å²) in [5, 5.41) is 8.87. The molecule has 12 heteroatoms. The van der Waals surface area contributed by atoms with Crippen molar-refractivity contribution < 1.29 is 22.7 Å². The van der Waals surface area contributed by atoms with E-state index in [1.807, 2.05) is 0 Å². The lowest BCUT2D eigenvalue weighted by Crippen LogP contribution is -2.57. The number of rotatable bonds is 5. The summed E-state index contributed by atoms with van der Waals surface area (Å²) in [4.78, 5) is 25.8. The molecule has 3 heterocycles. The molecule has 3 rings (SSSR count). The van der Waals surface area contributed by atoms with Gasteiger partial charge in [-0.05, 0) is 19.8 Å². The van der Waals surface area contributed by atoms with Gasteiger partial charge in [0.2, 0.25) is 5.91 Å². The van der Waals surface area contributed by atoms with Crippen LogP contribution in [0.2, 0.25) is 0 Å². The Hall–Kier alpha value is -1.69. The minimum Gasteiger partial charge on any atom is -0.462 e. The molecule has 2 saturated heterocycles. The average molecular weight is 422 g/mol. The highest BCUT2D eigenvalue weighted by Crippen LogP contribution is 2.24. The number of esters is 1. The maximum absolute atomic E-state index is 13.0. The van der Waals surface area contributed by atoms with Gasteiger partial charge in [0.1, 0.15) is 5.56 Å². The van der Waals surface area contributed by atoms with Crippen LogP contribution in [0.1, 0.15) is 30.1 Å². The smallest absolute Gasteiger partial charge is 0.342 e. The van der Waals surface area contributed by atoms with Crippen molar-refractivity contribution in [3.63, 3.8) is 0 Å². The normalized spacial score (nSPS) is 21.6. The van der Waals surface area contributed by atoms with E-state index in [2.05, 4.69) is 15.5 Å². The second-order valence-electron chi connectivity index (χ2n) is 6.26. The Balaban J connectivity index is 0.00000261. The number of sulfonamides is 1. The van der Waals surface area contributed by atoms with E-state index in [-0.39, 0.29) is 54.6 Å². The Bertz CT molecular complexity index is 783.